The Morgan fingerprint density at radius 2 is 2.09 bits per heavy atom. The van der Waals surface area contributed by atoms with Gasteiger partial charge in [-0.1, -0.05) is 37.2 Å². The molecule has 0 fully saturated rings. The molecule has 1 unspecified atom stereocenters. The second-order valence-corrected chi connectivity index (χ2v) is 8.40. The van der Waals surface area contributed by atoms with Crippen LogP contribution in [0.5, 0.6) is 5.88 Å². The molecular formula is C27H27ClFN3O3. The van der Waals surface area contributed by atoms with Crippen LogP contribution in [0.3, 0.4) is 0 Å². The van der Waals surface area contributed by atoms with E-state index in [1.807, 2.05) is 39.0 Å². The molecule has 1 atom stereocenters. The van der Waals surface area contributed by atoms with Gasteiger partial charge in [-0.15, -0.1) is 5.73 Å². The van der Waals surface area contributed by atoms with Gasteiger partial charge in [-0.2, -0.15) is 0 Å². The Hall–Kier alpha value is -3.67. The summed E-state index contributed by atoms with van der Waals surface area (Å²) in [7, 11) is 0. The van der Waals surface area contributed by atoms with E-state index < -0.39 is 5.82 Å². The van der Waals surface area contributed by atoms with E-state index in [2.05, 4.69) is 17.6 Å². The number of rotatable bonds is 8. The highest BCUT2D eigenvalue weighted by Gasteiger charge is 2.23. The molecule has 8 heteroatoms. The first kappa shape index (κ1) is 24.5. The minimum Gasteiger partial charge on any atom is -0.491 e. The highest BCUT2D eigenvalue weighted by molar-refractivity contribution is 6.33. The average molecular weight is 496 g/mol. The lowest BCUT2D eigenvalue weighted by atomic mass is 10.1. The second-order valence-electron chi connectivity index (χ2n) is 7.99. The first-order chi connectivity index (χ1) is 16.9. The summed E-state index contributed by atoms with van der Waals surface area (Å²) in [5.41, 5.74) is 4.45. The van der Waals surface area contributed by atoms with Crippen LogP contribution in [0.25, 0.3) is 16.9 Å². The van der Waals surface area contributed by atoms with Crippen molar-refractivity contribution in [2.24, 2.45) is 0 Å². The fraction of sp³-hybridized carbons (Fsp3) is 0.259. The van der Waals surface area contributed by atoms with Crippen LogP contribution in [0, 0.1) is 5.82 Å². The number of allylic oxidation sites excluding steroid dienone is 3. The molecule has 0 amide bonds. The van der Waals surface area contributed by atoms with E-state index in [0.29, 0.717) is 53.5 Å². The summed E-state index contributed by atoms with van der Waals surface area (Å²) < 4.78 is 34.4. The number of anilines is 1. The molecule has 0 bridgehead atoms. The molecule has 2 aromatic heterocycles. The maximum atomic E-state index is 15.0. The molecule has 182 valence electrons. The molecule has 1 N–H and O–H groups in total. The van der Waals surface area contributed by atoms with Crippen molar-refractivity contribution >= 4 is 23.1 Å². The molecule has 1 aliphatic heterocycles. The molecule has 0 spiro atoms. The van der Waals surface area contributed by atoms with E-state index in [0.717, 1.165) is 6.42 Å². The predicted molar refractivity (Wildman–Crippen MR) is 136 cm³/mol. The molecule has 1 aromatic carbocycles. The number of aromatic nitrogens is 2. The number of pyridine rings is 1. The Morgan fingerprint density at radius 1 is 1.31 bits per heavy atom. The Bertz CT molecular complexity index is 1330. The van der Waals surface area contributed by atoms with E-state index in [1.165, 1.54) is 6.07 Å². The fourth-order valence-corrected chi connectivity index (χ4v) is 3.88. The molecule has 3 aromatic rings. The van der Waals surface area contributed by atoms with Crippen LogP contribution in [0.15, 0.2) is 78.1 Å². The zero-order valence-corrected chi connectivity index (χ0v) is 20.7. The first-order valence-corrected chi connectivity index (χ1v) is 11.7. The number of nitrogens with one attached hydrogen (secondary N) is 1. The molecule has 0 aliphatic carbocycles. The first-order valence-electron chi connectivity index (χ1n) is 11.4. The lowest BCUT2D eigenvalue weighted by Gasteiger charge is -2.19. The van der Waals surface area contributed by atoms with Crippen LogP contribution < -0.4 is 10.1 Å². The van der Waals surface area contributed by atoms with E-state index in [1.54, 1.807) is 28.7 Å². The smallest absolute Gasteiger partial charge is 0.201 e. The Kier molecular flexibility index (Phi) is 7.49. The summed E-state index contributed by atoms with van der Waals surface area (Å²) >= 11 is 6.45. The zero-order valence-electron chi connectivity index (χ0n) is 19.9. The van der Waals surface area contributed by atoms with Gasteiger partial charge in [-0.25, -0.2) is 13.8 Å². The lowest BCUT2D eigenvalue weighted by molar-refractivity contribution is 0.0707. The standard InChI is InChI=1S/C27H27ClFN3O3/c1-5-9-19(16-22-18(4)33-14-15-34-22)30-27-26(25-20(28)10-7-11-21(25)29)31-23-12-8-13-24(32(23)27)35-17(3)6-2/h7-13,16-17,30H,1,6,14-15H2,2-4H3/b19-16+. The summed E-state index contributed by atoms with van der Waals surface area (Å²) in [4.78, 5) is 4.72. The lowest BCUT2D eigenvalue weighted by Crippen LogP contribution is -2.14. The summed E-state index contributed by atoms with van der Waals surface area (Å²) in [5, 5.41) is 3.60. The van der Waals surface area contributed by atoms with E-state index >= 15 is 4.39 Å². The van der Waals surface area contributed by atoms with Crippen LogP contribution in [-0.4, -0.2) is 28.7 Å². The van der Waals surface area contributed by atoms with Crippen LogP contribution in [0.4, 0.5) is 10.2 Å². The van der Waals surface area contributed by atoms with Gasteiger partial charge in [0, 0.05) is 12.2 Å². The summed E-state index contributed by atoms with van der Waals surface area (Å²) in [6.45, 7) is 10.5. The third-order valence-corrected chi connectivity index (χ3v) is 5.83. The van der Waals surface area contributed by atoms with Crippen LogP contribution in [0.1, 0.15) is 27.2 Å². The van der Waals surface area contributed by atoms with E-state index in [4.69, 9.17) is 30.8 Å². The summed E-state index contributed by atoms with van der Waals surface area (Å²) in [5.74, 6) is 1.77. The fourth-order valence-electron chi connectivity index (χ4n) is 3.62. The summed E-state index contributed by atoms with van der Waals surface area (Å²) in [6.07, 6.45) is 4.20. The monoisotopic (exact) mass is 495 g/mol. The normalized spacial score (nSPS) is 14.7. The molecule has 1 aliphatic rings. The van der Waals surface area contributed by atoms with Crippen molar-refractivity contribution < 1.29 is 18.6 Å². The Morgan fingerprint density at radius 3 is 2.80 bits per heavy atom. The number of ether oxygens (including phenoxy) is 3. The van der Waals surface area contributed by atoms with Gasteiger partial charge in [0.1, 0.15) is 41.9 Å². The van der Waals surface area contributed by atoms with Crippen LogP contribution in [-0.2, 0) is 9.47 Å². The molecule has 0 radical (unpaired) electrons. The third kappa shape index (κ3) is 5.21. The van der Waals surface area contributed by atoms with Crippen molar-refractivity contribution in [3.05, 3.63) is 88.9 Å². The number of nitrogens with zero attached hydrogens (tertiary/aromatic N) is 2. The van der Waals surface area contributed by atoms with Gasteiger partial charge in [0.2, 0.25) is 5.88 Å². The number of fused-ring (bicyclic) bond motifs is 1. The maximum Gasteiger partial charge on any atom is 0.201 e. The van der Waals surface area contributed by atoms with Crippen molar-refractivity contribution in [1.29, 1.82) is 0 Å². The number of benzene rings is 1. The quantitative estimate of drug-likeness (QED) is 0.272. The van der Waals surface area contributed by atoms with Gasteiger partial charge < -0.3 is 19.5 Å². The van der Waals surface area contributed by atoms with Gasteiger partial charge in [0.05, 0.1) is 22.4 Å². The molecule has 4 rings (SSSR count). The van der Waals surface area contributed by atoms with Gasteiger partial charge in [0.15, 0.2) is 5.76 Å². The van der Waals surface area contributed by atoms with Crippen molar-refractivity contribution in [2.75, 3.05) is 18.5 Å². The van der Waals surface area contributed by atoms with Crippen LogP contribution in [0.2, 0.25) is 5.02 Å². The van der Waals surface area contributed by atoms with E-state index in [-0.39, 0.29) is 16.7 Å². The van der Waals surface area contributed by atoms with Crippen molar-refractivity contribution in [1.82, 2.24) is 9.38 Å². The largest absolute Gasteiger partial charge is 0.491 e. The third-order valence-electron chi connectivity index (χ3n) is 5.52. The number of imidazole rings is 1. The van der Waals surface area contributed by atoms with Gasteiger partial charge in [-0.3, -0.25) is 0 Å². The Balaban J connectivity index is 1.95. The SMILES string of the molecule is C=C=C/C(=C\C1=C(C)OCCO1)Nc1c(-c2c(F)cccc2Cl)nc2cccc(OC(C)CC)n12. The average Bonchev–Trinajstić information content (AvgIpc) is 3.19. The van der Waals surface area contributed by atoms with Crippen molar-refractivity contribution in [3.63, 3.8) is 0 Å². The molecule has 0 saturated heterocycles. The number of halogens is 2. The van der Waals surface area contributed by atoms with Crippen molar-refractivity contribution in [3.8, 4) is 17.1 Å². The zero-order chi connectivity index (χ0) is 24.9. The highest BCUT2D eigenvalue weighted by atomic mass is 35.5. The predicted octanol–water partition coefficient (Wildman–Crippen LogP) is 6.89. The Labute approximate surface area is 209 Å². The number of hydrogen-bond acceptors (Lipinski definition) is 5. The summed E-state index contributed by atoms with van der Waals surface area (Å²) in [6, 6.07) is 10.1. The minimum atomic E-state index is -0.485. The molecular weight excluding hydrogens is 469 g/mol. The molecule has 35 heavy (non-hydrogen) atoms. The van der Waals surface area contributed by atoms with Crippen molar-refractivity contribution in [2.45, 2.75) is 33.3 Å². The van der Waals surface area contributed by atoms with Gasteiger partial charge in [0.25, 0.3) is 0 Å². The number of hydrogen-bond donors (Lipinski definition) is 1. The molecule has 6 nitrogen and oxygen atoms in total. The molecule has 3 heterocycles. The van der Waals surface area contributed by atoms with E-state index in [9.17, 15) is 0 Å². The second kappa shape index (κ2) is 10.7. The van der Waals surface area contributed by atoms with Crippen LogP contribution >= 0.6 is 11.6 Å². The topological polar surface area (TPSA) is 57.0 Å². The molecule has 0 saturated carbocycles. The van der Waals surface area contributed by atoms with Gasteiger partial charge >= 0.3 is 0 Å². The van der Waals surface area contributed by atoms with Gasteiger partial charge in [-0.05, 0) is 44.5 Å². The maximum absolute atomic E-state index is 15.0. The minimum absolute atomic E-state index is 0.0416. The highest BCUT2D eigenvalue weighted by Crippen LogP contribution is 2.38.